The third kappa shape index (κ3) is 3.96. The fourth-order valence-corrected chi connectivity index (χ4v) is 1.61. The van der Waals surface area contributed by atoms with E-state index in [9.17, 15) is 0 Å². The SMILES string of the molecule is CNc1nc(Cl)nc(N(C)CCOCC2CC2)n1. The first-order valence-corrected chi connectivity index (χ1v) is 6.45. The Bertz CT molecular complexity index is 399. The van der Waals surface area contributed by atoms with E-state index in [1.807, 2.05) is 11.9 Å². The maximum Gasteiger partial charge on any atom is 0.231 e. The molecule has 7 heteroatoms. The Balaban J connectivity index is 1.82. The molecule has 1 aliphatic rings. The Kier molecular flexibility index (Phi) is 4.54. The maximum absolute atomic E-state index is 5.82. The van der Waals surface area contributed by atoms with Gasteiger partial charge in [0.2, 0.25) is 17.2 Å². The lowest BCUT2D eigenvalue weighted by Gasteiger charge is -2.17. The third-order valence-corrected chi connectivity index (χ3v) is 2.95. The lowest BCUT2D eigenvalue weighted by atomic mass is 10.5. The molecule has 0 saturated heterocycles. The van der Waals surface area contributed by atoms with Gasteiger partial charge in [-0.1, -0.05) is 0 Å². The molecule has 1 heterocycles. The van der Waals surface area contributed by atoms with Crippen molar-refractivity contribution >= 4 is 23.5 Å². The molecule has 2 rings (SSSR count). The summed E-state index contributed by atoms with van der Waals surface area (Å²) in [6.07, 6.45) is 2.62. The van der Waals surface area contributed by atoms with Gasteiger partial charge in [-0.25, -0.2) is 0 Å². The van der Waals surface area contributed by atoms with Gasteiger partial charge in [-0.15, -0.1) is 0 Å². The molecule has 1 fully saturated rings. The first-order valence-electron chi connectivity index (χ1n) is 6.07. The fourth-order valence-electron chi connectivity index (χ4n) is 1.46. The molecule has 1 N–H and O–H groups in total. The summed E-state index contributed by atoms with van der Waals surface area (Å²) >= 11 is 5.82. The van der Waals surface area contributed by atoms with Crippen molar-refractivity contribution in [3.05, 3.63) is 5.28 Å². The van der Waals surface area contributed by atoms with Crippen LogP contribution in [0.2, 0.25) is 5.28 Å². The number of likely N-dealkylation sites (N-methyl/N-ethyl adjacent to an activating group) is 1. The Morgan fingerprint density at radius 2 is 2.17 bits per heavy atom. The van der Waals surface area contributed by atoms with Gasteiger partial charge in [-0.05, 0) is 30.4 Å². The zero-order chi connectivity index (χ0) is 13.0. The van der Waals surface area contributed by atoms with E-state index in [4.69, 9.17) is 16.3 Å². The number of halogens is 1. The highest BCUT2D eigenvalue weighted by molar-refractivity contribution is 6.28. The lowest BCUT2D eigenvalue weighted by Crippen LogP contribution is -2.25. The van der Waals surface area contributed by atoms with Gasteiger partial charge in [0.1, 0.15) is 0 Å². The second kappa shape index (κ2) is 6.15. The average molecular weight is 272 g/mol. The number of hydrogen-bond donors (Lipinski definition) is 1. The van der Waals surface area contributed by atoms with Gasteiger partial charge in [0, 0.05) is 27.2 Å². The third-order valence-electron chi connectivity index (χ3n) is 2.78. The summed E-state index contributed by atoms with van der Waals surface area (Å²) in [4.78, 5) is 14.2. The minimum Gasteiger partial charge on any atom is -0.379 e. The van der Waals surface area contributed by atoms with Gasteiger partial charge in [0.25, 0.3) is 0 Å². The molecule has 1 aliphatic carbocycles. The molecule has 0 spiro atoms. The van der Waals surface area contributed by atoms with Crippen molar-refractivity contribution in [2.75, 3.05) is 44.1 Å². The largest absolute Gasteiger partial charge is 0.379 e. The summed E-state index contributed by atoms with van der Waals surface area (Å²) in [5, 5.41) is 3.04. The summed E-state index contributed by atoms with van der Waals surface area (Å²) in [7, 11) is 3.65. The van der Waals surface area contributed by atoms with Crippen molar-refractivity contribution in [2.24, 2.45) is 5.92 Å². The van der Waals surface area contributed by atoms with Crippen LogP contribution >= 0.6 is 11.6 Å². The van der Waals surface area contributed by atoms with Crippen LogP contribution in [0, 0.1) is 5.92 Å². The lowest BCUT2D eigenvalue weighted by molar-refractivity contribution is 0.130. The number of hydrogen-bond acceptors (Lipinski definition) is 6. The molecule has 0 unspecified atom stereocenters. The maximum atomic E-state index is 5.82. The first-order chi connectivity index (χ1) is 8.69. The molecule has 0 aromatic carbocycles. The standard InChI is InChI=1S/C11H18ClN5O/c1-13-10-14-9(12)15-11(16-10)17(2)5-6-18-7-8-3-4-8/h8H,3-7H2,1-2H3,(H,13,14,15,16). The van der Waals surface area contributed by atoms with E-state index in [2.05, 4.69) is 20.3 Å². The highest BCUT2D eigenvalue weighted by Crippen LogP contribution is 2.28. The van der Waals surface area contributed by atoms with Crippen LogP contribution in [-0.2, 0) is 4.74 Å². The second-order valence-electron chi connectivity index (χ2n) is 4.42. The molecule has 1 aromatic heterocycles. The second-order valence-corrected chi connectivity index (χ2v) is 4.76. The summed E-state index contributed by atoms with van der Waals surface area (Å²) in [6.45, 7) is 2.27. The van der Waals surface area contributed by atoms with E-state index in [0.717, 1.165) is 19.1 Å². The average Bonchev–Trinajstić information content (AvgIpc) is 3.17. The predicted octanol–water partition coefficient (Wildman–Crippen LogP) is 1.43. The predicted molar refractivity (Wildman–Crippen MR) is 71.2 cm³/mol. The van der Waals surface area contributed by atoms with Crippen LogP contribution in [0.1, 0.15) is 12.8 Å². The highest BCUT2D eigenvalue weighted by Gasteiger charge is 2.21. The first kappa shape index (κ1) is 13.3. The normalized spacial score (nSPS) is 14.6. The minimum atomic E-state index is 0.190. The number of rotatable bonds is 7. The molecule has 0 atom stereocenters. The fraction of sp³-hybridized carbons (Fsp3) is 0.727. The van der Waals surface area contributed by atoms with Gasteiger partial charge in [-0.2, -0.15) is 15.0 Å². The molecule has 0 bridgehead atoms. The van der Waals surface area contributed by atoms with Crippen molar-refractivity contribution in [3.8, 4) is 0 Å². The van der Waals surface area contributed by atoms with Crippen molar-refractivity contribution in [2.45, 2.75) is 12.8 Å². The number of nitrogens with one attached hydrogen (secondary N) is 1. The van der Waals surface area contributed by atoms with Gasteiger partial charge in [-0.3, -0.25) is 0 Å². The van der Waals surface area contributed by atoms with Crippen LogP contribution in [0.25, 0.3) is 0 Å². The number of nitrogens with zero attached hydrogens (tertiary/aromatic N) is 4. The van der Waals surface area contributed by atoms with Crippen LogP contribution in [0.3, 0.4) is 0 Å². The summed E-state index contributed by atoms with van der Waals surface area (Å²) in [5.74, 6) is 1.81. The topological polar surface area (TPSA) is 63.2 Å². The van der Waals surface area contributed by atoms with E-state index in [1.165, 1.54) is 12.8 Å². The molecule has 1 aromatic rings. The van der Waals surface area contributed by atoms with Crippen LogP contribution in [0.5, 0.6) is 0 Å². The molecule has 18 heavy (non-hydrogen) atoms. The quantitative estimate of drug-likeness (QED) is 0.757. The Morgan fingerprint density at radius 3 is 2.83 bits per heavy atom. The van der Waals surface area contributed by atoms with Crippen LogP contribution in [0.15, 0.2) is 0 Å². The van der Waals surface area contributed by atoms with Crippen molar-refractivity contribution in [1.29, 1.82) is 0 Å². The van der Waals surface area contributed by atoms with Gasteiger partial charge < -0.3 is 15.0 Å². The molecule has 100 valence electrons. The number of aromatic nitrogens is 3. The Morgan fingerprint density at radius 1 is 1.39 bits per heavy atom. The van der Waals surface area contributed by atoms with E-state index in [-0.39, 0.29) is 5.28 Å². The van der Waals surface area contributed by atoms with E-state index in [1.54, 1.807) is 7.05 Å². The summed E-state index contributed by atoms with van der Waals surface area (Å²) < 4.78 is 5.58. The van der Waals surface area contributed by atoms with E-state index in [0.29, 0.717) is 18.5 Å². The Hall–Kier alpha value is -1.14. The minimum absolute atomic E-state index is 0.190. The van der Waals surface area contributed by atoms with E-state index < -0.39 is 0 Å². The highest BCUT2D eigenvalue weighted by atomic mass is 35.5. The molecular formula is C11H18ClN5O. The molecular weight excluding hydrogens is 254 g/mol. The number of anilines is 2. The molecule has 6 nitrogen and oxygen atoms in total. The molecule has 1 saturated carbocycles. The van der Waals surface area contributed by atoms with Crippen LogP contribution in [-0.4, -0.2) is 48.8 Å². The van der Waals surface area contributed by atoms with Crippen LogP contribution in [0.4, 0.5) is 11.9 Å². The van der Waals surface area contributed by atoms with Gasteiger partial charge in [0.05, 0.1) is 6.61 Å². The summed E-state index contributed by atoms with van der Waals surface area (Å²) in [5.41, 5.74) is 0. The molecule has 0 aliphatic heterocycles. The van der Waals surface area contributed by atoms with Crippen LogP contribution < -0.4 is 10.2 Å². The van der Waals surface area contributed by atoms with Crippen molar-refractivity contribution in [3.63, 3.8) is 0 Å². The monoisotopic (exact) mass is 271 g/mol. The van der Waals surface area contributed by atoms with Gasteiger partial charge in [0.15, 0.2) is 0 Å². The zero-order valence-electron chi connectivity index (χ0n) is 10.7. The van der Waals surface area contributed by atoms with Gasteiger partial charge >= 0.3 is 0 Å². The van der Waals surface area contributed by atoms with E-state index >= 15 is 0 Å². The molecule has 0 radical (unpaired) electrons. The number of ether oxygens (including phenoxy) is 1. The Labute approximate surface area is 112 Å². The molecule has 0 amide bonds. The van der Waals surface area contributed by atoms with Crippen molar-refractivity contribution < 1.29 is 4.74 Å². The zero-order valence-corrected chi connectivity index (χ0v) is 11.4. The smallest absolute Gasteiger partial charge is 0.231 e. The van der Waals surface area contributed by atoms with Crippen molar-refractivity contribution in [1.82, 2.24) is 15.0 Å². The summed E-state index contributed by atoms with van der Waals surface area (Å²) in [6, 6.07) is 0.